The van der Waals surface area contributed by atoms with E-state index in [9.17, 15) is 59.7 Å². The summed E-state index contributed by atoms with van der Waals surface area (Å²) in [7, 11) is 0. The van der Waals surface area contributed by atoms with Gasteiger partial charge in [-0.05, 0) is 215 Å². The minimum Gasteiger partial charge on any atom is -0.508 e. The average molecular weight is 1790 g/mol. The summed E-state index contributed by atoms with van der Waals surface area (Å²) in [6.07, 6.45) is 6.52. The Bertz CT molecular complexity index is 4260. The van der Waals surface area contributed by atoms with Crippen LogP contribution < -0.4 is 26.6 Å². The van der Waals surface area contributed by atoms with Gasteiger partial charge >= 0.3 is 0 Å². The Morgan fingerprint density at radius 3 is 0.569 bits per heavy atom. The van der Waals surface area contributed by atoms with Gasteiger partial charge in [0.1, 0.15) is 28.7 Å². The van der Waals surface area contributed by atoms with Crippen molar-refractivity contribution >= 4 is 29.5 Å². The molecule has 10 rings (SSSR count). The van der Waals surface area contributed by atoms with E-state index < -0.39 is 12.2 Å². The fraction of sp³-hybridized carbons (Fsp3) is 0.381. The van der Waals surface area contributed by atoms with E-state index in [1.807, 2.05) is 212 Å². The van der Waals surface area contributed by atoms with Gasteiger partial charge in [-0.15, -0.1) is 0 Å². The van der Waals surface area contributed by atoms with Crippen LogP contribution in [-0.2, 0) is 112 Å². The van der Waals surface area contributed by atoms with Crippen LogP contribution in [0.4, 0.5) is 0 Å². The van der Waals surface area contributed by atoms with E-state index in [1.165, 1.54) is 0 Å². The second-order valence-electron chi connectivity index (χ2n) is 32.4. The molecule has 0 aliphatic heterocycles. The number of phenols is 5. The maximum absolute atomic E-state index is 12.3. The maximum Gasteiger partial charge on any atom is 0.220 e. The molecule has 0 fully saturated rings. The number of aromatic hydroxyl groups is 5. The second-order valence-corrected chi connectivity index (χ2v) is 32.4. The summed E-state index contributed by atoms with van der Waals surface area (Å²) in [6.45, 7) is 10.6. The standard InChI is InChI=1S/5C21H27NO4/c2*1-16(23)14-26-15-19(13-18-7-10-20(24)11-8-18)22-21(25)12-9-17-5-3-2-4-6-17;3*1-16(14-23)26-15-19(13-18-7-10-20(24)11-8-18)22-21(25)12-9-17-5-3-2-4-6-17/h5*2-8,10-11,16,19,23-24H,9,12-15H2,1H3,(H,22,25)/t2*16-,19?;2*16?,19-;16-,19+/m10100/s1. The van der Waals surface area contributed by atoms with Crippen molar-refractivity contribution in [2.45, 2.75) is 192 Å². The van der Waals surface area contributed by atoms with Crippen LogP contribution in [0.5, 0.6) is 28.7 Å². The van der Waals surface area contributed by atoms with Crippen molar-refractivity contribution in [3.05, 3.63) is 329 Å². The molecule has 0 saturated carbocycles. The zero-order valence-electron chi connectivity index (χ0n) is 75.5. The van der Waals surface area contributed by atoms with Gasteiger partial charge in [0.2, 0.25) is 29.5 Å². The molecule has 700 valence electrons. The van der Waals surface area contributed by atoms with Crippen LogP contribution in [0.15, 0.2) is 273 Å². The highest BCUT2D eigenvalue weighted by Crippen LogP contribution is 2.20. The number of hydrogen-bond donors (Lipinski definition) is 15. The van der Waals surface area contributed by atoms with Gasteiger partial charge in [0.15, 0.2) is 0 Å². The molecule has 0 spiro atoms. The van der Waals surface area contributed by atoms with E-state index in [0.717, 1.165) is 55.6 Å². The Morgan fingerprint density at radius 1 is 0.238 bits per heavy atom. The maximum atomic E-state index is 12.3. The van der Waals surface area contributed by atoms with Crippen LogP contribution in [0.2, 0.25) is 0 Å². The average Bonchev–Trinajstić information content (AvgIpc) is 0.903. The van der Waals surface area contributed by atoms with Crippen molar-refractivity contribution in [2.24, 2.45) is 0 Å². The number of amides is 5. The lowest BCUT2D eigenvalue weighted by Crippen LogP contribution is -2.41. The van der Waals surface area contributed by atoms with Crippen LogP contribution >= 0.6 is 0 Å². The Labute approximate surface area is 765 Å². The fourth-order valence-corrected chi connectivity index (χ4v) is 13.1. The van der Waals surface area contributed by atoms with Gasteiger partial charge < -0.3 is 101 Å². The summed E-state index contributed by atoms with van der Waals surface area (Å²) in [5, 5.41) is 108. The molecule has 0 heterocycles. The van der Waals surface area contributed by atoms with E-state index in [4.69, 9.17) is 39.0 Å². The summed E-state index contributed by atoms with van der Waals surface area (Å²) in [6, 6.07) is 83.0. The SMILES string of the molecule is CC(CO)OC[C@@H](Cc1ccc(O)cc1)NC(=O)CCc1ccccc1.CC(CO)OC[C@H](Cc1ccc(O)cc1)NC(=O)CCc1ccccc1.C[C@@H](CO)OC[C@@H](Cc1ccc(O)cc1)NC(=O)CCc1ccccc1.C[C@@H](O)COCC(Cc1ccc(O)cc1)NC(=O)CCc1ccccc1.C[C@H](O)COCC(Cc1ccc(O)cc1)NC(=O)CCc1ccccc1. The molecule has 15 N–H and O–H groups in total. The first kappa shape index (κ1) is 107. The van der Waals surface area contributed by atoms with Gasteiger partial charge in [0.05, 0.1) is 127 Å². The van der Waals surface area contributed by atoms with Crippen molar-refractivity contribution in [3.63, 3.8) is 0 Å². The van der Waals surface area contributed by atoms with Gasteiger partial charge in [0, 0.05) is 32.1 Å². The van der Waals surface area contributed by atoms with Gasteiger partial charge in [-0.1, -0.05) is 212 Å². The summed E-state index contributed by atoms with van der Waals surface area (Å²) >= 11 is 0. The molecule has 0 saturated heterocycles. The Kier molecular flexibility index (Phi) is 52.0. The Hall–Kier alpha value is -11.9. The Balaban J connectivity index is 0.000000250. The highest BCUT2D eigenvalue weighted by Gasteiger charge is 2.22. The van der Waals surface area contributed by atoms with E-state index in [1.54, 1.807) is 95.3 Å². The number of phenolic OH excluding ortho intramolecular Hbond substituents is 5. The van der Waals surface area contributed by atoms with Crippen LogP contribution in [-0.4, -0.2) is 207 Å². The molecule has 10 aromatic carbocycles. The van der Waals surface area contributed by atoms with Crippen molar-refractivity contribution < 1.29 is 98.7 Å². The normalized spacial score (nSPS) is 13.2. The number of nitrogens with one attached hydrogen (secondary N) is 5. The van der Waals surface area contributed by atoms with Gasteiger partial charge in [0.25, 0.3) is 0 Å². The number of benzene rings is 10. The van der Waals surface area contributed by atoms with Crippen LogP contribution in [0.3, 0.4) is 0 Å². The number of ether oxygens (including phenoxy) is 5. The topological polar surface area (TPSA) is 394 Å². The molecule has 130 heavy (non-hydrogen) atoms. The first-order valence-electron chi connectivity index (χ1n) is 44.5. The molecule has 10 aromatic rings. The molecular formula is C105H135N5O20. The van der Waals surface area contributed by atoms with Gasteiger partial charge in [-0.25, -0.2) is 0 Å². The molecule has 5 amide bonds. The molecule has 0 aliphatic carbocycles. The fourth-order valence-electron chi connectivity index (χ4n) is 13.1. The summed E-state index contributed by atoms with van der Waals surface area (Å²) < 4.78 is 27.8. The number of aliphatic hydroxyl groups excluding tert-OH is 5. The van der Waals surface area contributed by atoms with Crippen LogP contribution in [0, 0.1) is 0 Å². The van der Waals surface area contributed by atoms with Gasteiger partial charge in [-0.3, -0.25) is 24.0 Å². The molecule has 0 aromatic heterocycles. The van der Waals surface area contributed by atoms with Crippen molar-refractivity contribution in [3.8, 4) is 28.7 Å². The first-order chi connectivity index (χ1) is 62.7. The molecule has 25 heteroatoms. The van der Waals surface area contributed by atoms with Crippen molar-refractivity contribution in [2.75, 3.05) is 66.1 Å². The molecular weight excluding hydrogens is 1650 g/mol. The highest BCUT2D eigenvalue weighted by molar-refractivity contribution is 5.78. The van der Waals surface area contributed by atoms with E-state index in [-0.39, 0.29) is 140 Å². The number of rotatable bonds is 50. The lowest BCUT2D eigenvalue weighted by atomic mass is 10.1. The summed E-state index contributed by atoms with van der Waals surface area (Å²) in [4.78, 5) is 61.6. The molecule has 10 atom stereocenters. The highest BCUT2D eigenvalue weighted by atomic mass is 16.5. The monoisotopic (exact) mass is 1790 g/mol. The zero-order chi connectivity index (χ0) is 93.9. The van der Waals surface area contributed by atoms with Crippen molar-refractivity contribution in [1.82, 2.24) is 26.6 Å². The summed E-state index contributed by atoms with van der Waals surface area (Å²) in [5.74, 6) is 0.905. The van der Waals surface area contributed by atoms with E-state index >= 15 is 0 Å². The number of hydrogen-bond acceptors (Lipinski definition) is 20. The number of aryl methyl sites for hydroxylation is 5. The number of aliphatic hydroxyl groups is 5. The second kappa shape index (κ2) is 63.2. The van der Waals surface area contributed by atoms with E-state index in [2.05, 4.69) is 26.6 Å². The zero-order valence-corrected chi connectivity index (χ0v) is 75.5. The molecule has 4 unspecified atom stereocenters. The predicted octanol–water partition coefficient (Wildman–Crippen LogP) is 12.2. The quantitative estimate of drug-likeness (QED) is 0.0168. The Morgan fingerprint density at radius 2 is 0.408 bits per heavy atom. The smallest absolute Gasteiger partial charge is 0.220 e. The third-order valence-corrected chi connectivity index (χ3v) is 20.2. The lowest BCUT2D eigenvalue weighted by molar-refractivity contribution is -0.123. The van der Waals surface area contributed by atoms with Crippen LogP contribution in [0.25, 0.3) is 0 Å². The molecule has 0 bridgehead atoms. The predicted molar refractivity (Wildman–Crippen MR) is 505 cm³/mol. The third-order valence-electron chi connectivity index (χ3n) is 20.2. The molecule has 0 radical (unpaired) electrons. The number of carbonyl (C=O) groups excluding carboxylic acids is 5. The number of carbonyl (C=O) groups is 5. The third kappa shape index (κ3) is 49.6. The summed E-state index contributed by atoms with van der Waals surface area (Å²) in [5.41, 5.74) is 10.6. The minimum atomic E-state index is -0.543. The lowest BCUT2D eigenvalue weighted by Gasteiger charge is -2.21. The van der Waals surface area contributed by atoms with E-state index in [0.29, 0.717) is 129 Å². The van der Waals surface area contributed by atoms with Crippen LogP contribution in [0.1, 0.15) is 122 Å². The largest absolute Gasteiger partial charge is 0.508 e. The minimum absolute atomic E-state index is 0.0294. The first-order valence-corrected chi connectivity index (χ1v) is 44.5. The van der Waals surface area contributed by atoms with Crippen molar-refractivity contribution in [1.29, 1.82) is 0 Å². The molecule has 25 nitrogen and oxygen atoms in total. The molecule has 0 aliphatic rings. The van der Waals surface area contributed by atoms with Gasteiger partial charge in [-0.2, -0.15) is 0 Å².